The number of nitrogens with zero attached hydrogens (tertiary/aromatic N) is 4. The molecule has 3 aliphatic rings. The van der Waals surface area contributed by atoms with Crippen LogP contribution in [0.5, 0.6) is 0 Å². The van der Waals surface area contributed by atoms with Gasteiger partial charge in [-0.05, 0) is 84.0 Å². The Morgan fingerprint density at radius 2 is 1.95 bits per heavy atom. The number of aryl methyl sites for hydroxylation is 1. The third-order valence-corrected chi connectivity index (χ3v) is 5.96. The van der Waals surface area contributed by atoms with Gasteiger partial charge in [0, 0.05) is 11.3 Å². The Morgan fingerprint density at radius 1 is 1.19 bits per heavy atom. The molecular formula is C16H19N5. The zero-order valence-corrected chi connectivity index (χ0v) is 12.1. The Balaban J connectivity index is 1.55. The van der Waals surface area contributed by atoms with Crippen molar-refractivity contribution in [2.45, 2.75) is 32.2 Å². The van der Waals surface area contributed by atoms with E-state index in [1.54, 1.807) is 0 Å². The first-order valence-electron chi connectivity index (χ1n) is 7.88. The quantitative estimate of drug-likeness (QED) is 0.858. The van der Waals surface area contributed by atoms with E-state index in [-0.39, 0.29) is 0 Å². The average Bonchev–Trinajstić information content (AvgIpc) is 2.88. The fourth-order valence-electron chi connectivity index (χ4n) is 5.12. The smallest absolute Gasteiger partial charge is 0.182 e. The lowest BCUT2D eigenvalue weighted by atomic mass is 10.0. The van der Waals surface area contributed by atoms with Gasteiger partial charge in [0.2, 0.25) is 0 Å². The van der Waals surface area contributed by atoms with Gasteiger partial charge < -0.3 is 5.73 Å². The third kappa shape index (κ3) is 1.49. The van der Waals surface area contributed by atoms with Crippen molar-refractivity contribution < 1.29 is 0 Å². The molecule has 2 aromatic rings. The lowest BCUT2D eigenvalue weighted by molar-refractivity contribution is 0.427. The molecule has 0 spiro atoms. The Labute approximate surface area is 123 Å². The summed E-state index contributed by atoms with van der Waals surface area (Å²) in [5.74, 6) is 4.43. The first-order chi connectivity index (χ1) is 10.2. The molecule has 5 nitrogen and oxygen atoms in total. The highest BCUT2D eigenvalue weighted by atomic mass is 15.6. The Kier molecular flexibility index (Phi) is 2.14. The molecule has 2 bridgehead atoms. The van der Waals surface area contributed by atoms with Crippen LogP contribution in [0.2, 0.25) is 0 Å². The van der Waals surface area contributed by atoms with Gasteiger partial charge in [0.05, 0.1) is 6.04 Å². The molecule has 1 heterocycles. The summed E-state index contributed by atoms with van der Waals surface area (Å²) in [5, 5.41) is 12.6. The van der Waals surface area contributed by atoms with Crippen molar-refractivity contribution in [3.05, 3.63) is 23.8 Å². The molecule has 3 fully saturated rings. The number of rotatable bonds is 2. The topological polar surface area (TPSA) is 69.6 Å². The average molecular weight is 281 g/mol. The van der Waals surface area contributed by atoms with Gasteiger partial charge in [-0.3, -0.25) is 0 Å². The maximum absolute atomic E-state index is 5.85. The van der Waals surface area contributed by atoms with Crippen LogP contribution in [-0.4, -0.2) is 20.2 Å². The first kappa shape index (κ1) is 11.7. The number of fused-ring (bicyclic) bond motifs is 5. The van der Waals surface area contributed by atoms with Gasteiger partial charge in [-0.2, -0.15) is 0 Å². The second-order valence-electron chi connectivity index (χ2n) is 7.00. The molecule has 0 amide bonds. The van der Waals surface area contributed by atoms with Gasteiger partial charge >= 0.3 is 0 Å². The molecule has 3 aliphatic carbocycles. The summed E-state index contributed by atoms with van der Waals surface area (Å²) >= 11 is 0. The van der Waals surface area contributed by atoms with E-state index in [4.69, 9.17) is 5.73 Å². The van der Waals surface area contributed by atoms with Crippen LogP contribution < -0.4 is 5.73 Å². The molecule has 4 atom stereocenters. The van der Waals surface area contributed by atoms with E-state index in [0.29, 0.717) is 6.04 Å². The lowest BCUT2D eigenvalue weighted by Crippen LogP contribution is -2.08. The zero-order valence-electron chi connectivity index (χ0n) is 12.1. The summed E-state index contributed by atoms with van der Waals surface area (Å²) in [6, 6.07) is 6.50. The van der Waals surface area contributed by atoms with Crippen LogP contribution in [0, 0.1) is 30.6 Å². The third-order valence-electron chi connectivity index (χ3n) is 5.96. The SMILES string of the molecule is Cc1cc(N)ccc1-c1nnnn1C1C2C3CCC(C3)C21. The molecule has 0 aliphatic heterocycles. The number of anilines is 1. The van der Waals surface area contributed by atoms with Gasteiger partial charge in [-0.15, -0.1) is 5.10 Å². The van der Waals surface area contributed by atoms with Crippen LogP contribution in [0.25, 0.3) is 11.4 Å². The van der Waals surface area contributed by atoms with E-state index in [0.717, 1.165) is 46.3 Å². The molecule has 0 radical (unpaired) electrons. The van der Waals surface area contributed by atoms with Crippen molar-refractivity contribution >= 4 is 5.69 Å². The number of aromatic nitrogens is 4. The normalized spacial score (nSPS) is 36.0. The number of benzene rings is 1. The molecule has 0 saturated heterocycles. The van der Waals surface area contributed by atoms with Crippen molar-refractivity contribution in [1.29, 1.82) is 0 Å². The fourth-order valence-corrected chi connectivity index (χ4v) is 5.12. The summed E-state index contributed by atoms with van der Waals surface area (Å²) in [6.07, 6.45) is 4.28. The predicted molar refractivity (Wildman–Crippen MR) is 79.3 cm³/mol. The Morgan fingerprint density at radius 3 is 2.67 bits per heavy atom. The fraction of sp³-hybridized carbons (Fsp3) is 0.562. The van der Waals surface area contributed by atoms with Crippen LogP contribution in [0.3, 0.4) is 0 Å². The standard InChI is InChI=1S/C16H19N5/c1-8-6-11(17)4-5-12(8)16-18-19-20-21(16)15-13-9-2-3-10(7-9)14(13)15/h4-6,9-10,13-15H,2-3,7,17H2,1H3. The minimum absolute atomic E-state index is 0.540. The van der Waals surface area contributed by atoms with Crippen molar-refractivity contribution in [2.75, 3.05) is 5.73 Å². The van der Waals surface area contributed by atoms with Crippen LogP contribution in [0.1, 0.15) is 30.9 Å². The molecule has 5 heteroatoms. The highest BCUT2D eigenvalue weighted by Crippen LogP contribution is 2.71. The van der Waals surface area contributed by atoms with Crippen LogP contribution >= 0.6 is 0 Å². The van der Waals surface area contributed by atoms with Gasteiger partial charge in [0.15, 0.2) is 5.82 Å². The number of nitrogens with two attached hydrogens (primary N) is 1. The van der Waals surface area contributed by atoms with E-state index in [2.05, 4.69) is 27.1 Å². The lowest BCUT2D eigenvalue weighted by Gasteiger charge is -2.11. The zero-order chi connectivity index (χ0) is 14.1. The highest BCUT2D eigenvalue weighted by molar-refractivity contribution is 5.63. The van der Waals surface area contributed by atoms with E-state index >= 15 is 0 Å². The maximum atomic E-state index is 5.85. The summed E-state index contributed by atoms with van der Waals surface area (Å²) in [5.41, 5.74) is 8.88. The van der Waals surface area contributed by atoms with Crippen molar-refractivity contribution in [1.82, 2.24) is 20.2 Å². The highest BCUT2D eigenvalue weighted by Gasteiger charge is 2.66. The summed E-state index contributed by atoms with van der Waals surface area (Å²) in [4.78, 5) is 0. The second-order valence-corrected chi connectivity index (χ2v) is 7.00. The van der Waals surface area contributed by atoms with Gasteiger partial charge in [-0.1, -0.05) is 0 Å². The number of hydrogen-bond donors (Lipinski definition) is 1. The van der Waals surface area contributed by atoms with E-state index in [1.165, 1.54) is 19.3 Å². The largest absolute Gasteiger partial charge is 0.399 e. The first-order valence-corrected chi connectivity index (χ1v) is 7.88. The minimum atomic E-state index is 0.540. The molecule has 108 valence electrons. The maximum Gasteiger partial charge on any atom is 0.182 e. The van der Waals surface area contributed by atoms with Crippen molar-refractivity contribution in [3.63, 3.8) is 0 Å². The molecule has 2 N–H and O–H groups in total. The molecule has 1 aromatic heterocycles. The summed E-state index contributed by atoms with van der Waals surface area (Å²) in [7, 11) is 0. The van der Waals surface area contributed by atoms with E-state index in [1.807, 2.05) is 18.2 Å². The summed E-state index contributed by atoms with van der Waals surface area (Å²) < 4.78 is 2.10. The minimum Gasteiger partial charge on any atom is -0.399 e. The molecule has 21 heavy (non-hydrogen) atoms. The van der Waals surface area contributed by atoms with E-state index in [9.17, 15) is 0 Å². The van der Waals surface area contributed by atoms with Crippen molar-refractivity contribution in [3.8, 4) is 11.4 Å². The van der Waals surface area contributed by atoms with Gasteiger partial charge in [0.1, 0.15) is 0 Å². The molecular weight excluding hydrogens is 262 g/mol. The number of hydrogen-bond acceptors (Lipinski definition) is 4. The summed E-state index contributed by atoms with van der Waals surface area (Å²) in [6.45, 7) is 2.07. The Hall–Kier alpha value is -1.91. The monoisotopic (exact) mass is 281 g/mol. The van der Waals surface area contributed by atoms with Crippen LogP contribution in [-0.2, 0) is 0 Å². The predicted octanol–water partition coefficient (Wildman–Crippen LogP) is 2.45. The van der Waals surface area contributed by atoms with E-state index < -0.39 is 0 Å². The van der Waals surface area contributed by atoms with Crippen LogP contribution in [0.15, 0.2) is 18.2 Å². The van der Waals surface area contributed by atoms with Crippen molar-refractivity contribution in [2.24, 2.45) is 23.7 Å². The molecule has 1 aromatic carbocycles. The molecule has 4 unspecified atom stereocenters. The molecule has 5 rings (SSSR count). The van der Waals surface area contributed by atoms with Crippen LogP contribution in [0.4, 0.5) is 5.69 Å². The molecule has 3 saturated carbocycles. The van der Waals surface area contributed by atoms with Gasteiger partial charge in [-0.25, -0.2) is 4.68 Å². The second kappa shape index (κ2) is 3.84. The number of tetrazole rings is 1. The number of nitrogen functional groups attached to an aromatic ring is 1. The Bertz CT molecular complexity index is 705. The van der Waals surface area contributed by atoms with Gasteiger partial charge in [0.25, 0.3) is 0 Å².